The van der Waals surface area contributed by atoms with Crippen molar-refractivity contribution in [3.05, 3.63) is 0 Å². The molecule has 0 fully saturated rings. The summed E-state index contributed by atoms with van der Waals surface area (Å²) >= 11 is 0. The van der Waals surface area contributed by atoms with Crippen molar-refractivity contribution in [1.82, 2.24) is 4.90 Å². The molecule has 0 aromatic rings. The SMILES string of the molecule is COC(=O)CN(C)CC(=O)OC(C)C. The summed E-state index contributed by atoms with van der Waals surface area (Å²) in [6.45, 7) is 3.73. The molecule has 0 saturated heterocycles. The van der Waals surface area contributed by atoms with Gasteiger partial charge >= 0.3 is 11.9 Å². The molecule has 0 aromatic carbocycles. The van der Waals surface area contributed by atoms with Gasteiger partial charge in [0.15, 0.2) is 0 Å². The average molecular weight is 203 g/mol. The molecule has 0 unspecified atom stereocenters. The van der Waals surface area contributed by atoms with Crippen LogP contribution in [0.1, 0.15) is 13.8 Å². The molecule has 0 aliphatic heterocycles. The third-order valence-corrected chi connectivity index (χ3v) is 1.39. The summed E-state index contributed by atoms with van der Waals surface area (Å²) in [5.41, 5.74) is 0. The molecule has 0 aliphatic carbocycles. The van der Waals surface area contributed by atoms with E-state index in [2.05, 4.69) is 4.74 Å². The number of hydrogen-bond donors (Lipinski definition) is 0. The molecule has 0 heterocycles. The van der Waals surface area contributed by atoms with Crippen molar-refractivity contribution in [3.63, 3.8) is 0 Å². The first-order valence-corrected chi connectivity index (χ1v) is 4.40. The molecule has 0 aromatic heterocycles. The van der Waals surface area contributed by atoms with Crippen molar-refractivity contribution in [2.75, 3.05) is 27.2 Å². The van der Waals surface area contributed by atoms with E-state index in [1.165, 1.54) is 12.0 Å². The van der Waals surface area contributed by atoms with Gasteiger partial charge in [-0.2, -0.15) is 0 Å². The van der Waals surface area contributed by atoms with Gasteiger partial charge < -0.3 is 9.47 Å². The molecule has 14 heavy (non-hydrogen) atoms. The van der Waals surface area contributed by atoms with Gasteiger partial charge in [-0.3, -0.25) is 14.5 Å². The number of likely N-dealkylation sites (N-methyl/N-ethyl adjacent to an activating group) is 1. The second-order valence-electron chi connectivity index (χ2n) is 3.29. The third kappa shape index (κ3) is 6.42. The third-order valence-electron chi connectivity index (χ3n) is 1.39. The Morgan fingerprint density at radius 3 is 2.14 bits per heavy atom. The summed E-state index contributed by atoms with van der Waals surface area (Å²) in [7, 11) is 2.96. The first-order chi connectivity index (χ1) is 6.45. The predicted molar refractivity (Wildman–Crippen MR) is 50.7 cm³/mol. The molecule has 0 N–H and O–H groups in total. The smallest absolute Gasteiger partial charge is 0.320 e. The van der Waals surface area contributed by atoms with Gasteiger partial charge in [0.05, 0.1) is 26.3 Å². The van der Waals surface area contributed by atoms with Gasteiger partial charge in [-0.05, 0) is 20.9 Å². The Labute approximate surface area is 84.0 Å². The minimum atomic E-state index is -0.371. The highest BCUT2D eigenvalue weighted by atomic mass is 16.5. The fourth-order valence-corrected chi connectivity index (χ4v) is 0.861. The Bertz CT molecular complexity index is 203. The minimum Gasteiger partial charge on any atom is -0.468 e. The van der Waals surface area contributed by atoms with Gasteiger partial charge in [-0.25, -0.2) is 0 Å². The van der Waals surface area contributed by atoms with Crippen LogP contribution in [0.5, 0.6) is 0 Å². The summed E-state index contributed by atoms with van der Waals surface area (Å²) in [6, 6.07) is 0. The van der Waals surface area contributed by atoms with Gasteiger partial charge in [-0.15, -0.1) is 0 Å². The lowest BCUT2D eigenvalue weighted by molar-refractivity contribution is -0.149. The number of nitrogens with zero attached hydrogens (tertiary/aromatic N) is 1. The lowest BCUT2D eigenvalue weighted by atomic mass is 10.4. The maximum Gasteiger partial charge on any atom is 0.320 e. The van der Waals surface area contributed by atoms with Crippen molar-refractivity contribution >= 4 is 11.9 Å². The number of esters is 2. The topological polar surface area (TPSA) is 55.8 Å². The zero-order valence-corrected chi connectivity index (χ0v) is 9.07. The van der Waals surface area contributed by atoms with Gasteiger partial charge in [0.25, 0.3) is 0 Å². The molecule has 5 heteroatoms. The van der Waals surface area contributed by atoms with Crippen molar-refractivity contribution in [2.24, 2.45) is 0 Å². The number of rotatable bonds is 5. The number of carbonyl (C=O) groups is 2. The predicted octanol–water partition coefficient (Wildman–Crippen LogP) is 0.0428. The lowest BCUT2D eigenvalue weighted by Crippen LogP contribution is -2.33. The normalized spacial score (nSPS) is 10.4. The van der Waals surface area contributed by atoms with Crippen LogP contribution in [0, 0.1) is 0 Å². The summed E-state index contributed by atoms with van der Waals surface area (Å²) in [4.78, 5) is 23.5. The van der Waals surface area contributed by atoms with Crippen LogP contribution in [-0.4, -0.2) is 50.2 Å². The van der Waals surface area contributed by atoms with Crippen molar-refractivity contribution in [2.45, 2.75) is 20.0 Å². The molecular formula is C9H17NO4. The van der Waals surface area contributed by atoms with Crippen LogP contribution >= 0.6 is 0 Å². The largest absolute Gasteiger partial charge is 0.468 e. The van der Waals surface area contributed by atoms with E-state index in [1.807, 2.05) is 0 Å². The molecular weight excluding hydrogens is 186 g/mol. The molecule has 0 bridgehead atoms. The fraction of sp³-hybridized carbons (Fsp3) is 0.778. The molecule has 0 atom stereocenters. The van der Waals surface area contributed by atoms with E-state index < -0.39 is 0 Å². The van der Waals surface area contributed by atoms with Crippen molar-refractivity contribution < 1.29 is 19.1 Å². The summed E-state index contributed by atoms with van der Waals surface area (Å²) in [5, 5.41) is 0. The molecule has 0 radical (unpaired) electrons. The van der Waals surface area contributed by atoms with Crippen LogP contribution in [-0.2, 0) is 19.1 Å². The average Bonchev–Trinajstić information content (AvgIpc) is 2.01. The van der Waals surface area contributed by atoms with Crippen LogP contribution in [0.2, 0.25) is 0 Å². The Hall–Kier alpha value is -1.10. The Morgan fingerprint density at radius 2 is 1.71 bits per heavy atom. The van der Waals surface area contributed by atoms with Crippen LogP contribution < -0.4 is 0 Å². The Kier molecular flexibility index (Phi) is 5.87. The minimum absolute atomic E-state index is 0.0870. The highest BCUT2D eigenvalue weighted by Crippen LogP contribution is 1.92. The van der Waals surface area contributed by atoms with E-state index in [0.29, 0.717) is 0 Å². The van der Waals surface area contributed by atoms with Gasteiger partial charge in [0, 0.05) is 0 Å². The number of carbonyl (C=O) groups excluding carboxylic acids is 2. The standard InChI is InChI=1S/C9H17NO4/c1-7(2)14-9(12)6-10(3)5-8(11)13-4/h7H,5-6H2,1-4H3. The monoisotopic (exact) mass is 203 g/mol. The summed E-state index contributed by atoms with van der Waals surface area (Å²) < 4.78 is 9.35. The number of methoxy groups -OCH3 is 1. The zero-order valence-electron chi connectivity index (χ0n) is 9.07. The number of ether oxygens (including phenoxy) is 2. The van der Waals surface area contributed by atoms with Crippen molar-refractivity contribution in [3.8, 4) is 0 Å². The van der Waals surface area contributed by atoms with Gasteiger partial charge in [0.2, 0.25) is 0 Å². The van der Waals surface area contributed by atoms with E-state index in [-0.39, 0.29) is 31.1 Å². The van der Waals surface area contributed by atoms with E-state index in [9.17, 15) is 9.59 Å². The van der Waals surface area contributed by atoms with E-state index in [4.69, 9.17) is 4.74 Å². The second kappa shape index (κ2) is 6.37. The maximum absolute atomic E-state index is 11.1. The van der Waals surface area contributed by atoms with E-state index in [1.54, 1.807) is 20.9 Å². The maximum atomic E-state index is 11.1. The Balaban J connectivity index is 3.76. The van der Waals surface area contributed by atoms with Crippen LogP contribution in [0.15, 0.2) is 0 Å². The first kappa shape index (κ1) is 12.9. The van der Waals surface area contributed by atoms with Gasteiger partial charge in [0.1, 0.15) is 0 Å². The Morgan fingerprint density at radius 1 is 1.21 bits per heavy atom. The second-order valence-corrected chi connectivity index (χ2v) is 3.29. The highest BCUT2D eigenvalue weighted by Gasteiger charge is 2.12. The quantitative estimate of drug-likeness (QED) is 0.591. The van der Waals surface area contributed by atoms with Crippen LogP contribution in [0.3, 0.4) is 0 Å². The first-order valence-electron chi connectivity index (χ1n) is 4.40. The van der Waals surface area contributed by atoms with Gasteiger partial charge in [-0.1, -0.05) is 0 Å². The zero-order chi connectivity index (χ0) is 11.1. The molecule has 0 saturated carbocycles. The molecule has 0 amide bonds. The molecule has 0 aliphatic rings. The van der Waals surface area contributed by atoms with Crippen LogP contribution in [0.4, 0.5) is 0 Å². The highest BCUT2D eigenvalue weighted by molar-refractivity contribution is 5.74. The summed E-state index contributed by atoms with van der Waals surface area (Å²) in [5.74, 6) is -0.712. The lowest BCUT2D eigenvalue weighted by Gasteiger charge is -2.15. The fourth-order valence-electron chi connectivity index (χ4n) is 0.861. The van der Waals surface area contributed by atoms with E-state index >= 15 is 0 Å². The number of hydrogen-bond acceptors (Lipinski definition) is 5. The van der Waals surface area contributed by atoms with Crippen LogP contribution in [0.25, 0.3) is 0 Å². The molecule has 5 nitrogen and oxygen atoms in total. The molecule has 0 spiro atoms. The van der Waals surface area contributed by atoms with Crippen molar-refractivity contribution in [1.29, 1.82) is 0 Å². The molecule has 0 rings (SSSR count). The van der Waals surface area contributed by atoms with E-state index in [0.717, 1.165) is 0 Å². The molecule has 82 valence electrons. The summed E-state index contributed by atoms with van der Waals surface area (Å²) in [6.07, 6.45) is -0.131.